The monoisotopic (exact) mass is 553 g/mol. The van der Waals surface area contributed by atoms with Gasteiger partial charge >= 0.3 is 0 Å². The summed E-state index contributed by atoms with van der Waals surface area (Å²) in [5, 5.41) is 21.7. The van der Waals surface area contributed by atoms with Gasteiger partial charge in [-0.2, -0.15) is 0 Å². The number of amides is 1. The third kappa shape index (κ3) is 5.35. The van der Waals surface area contributed by atoms with Crippen LogP contribution in [-0.2, 0) is 0 Å². The quantitative estimate of drug-likeness (QED) is 0.213. The molecule has 0 fully saturated rings. The smallest absolute Gasteiger partial charge is 0.189 e. The molecular weight excluding hydrogens is 531 g/mol. The zero-order valence-corrected chi connectivity index (χ0v) is 19.2. The Bertz CT molecular complexity index is 1140. The molecule has 158 valence electrons. The summed E-state index contributed by atoms with van der Waals surface area (Å²) in [6.07, 6.45) is 9.10. The third-order valence-electron chi connectivity index (χ3n) is 5.01. The molecule has 0 spiro atoms. The number of carbonyl (C=O) groups excluding carboxylic acids is 1. The molecule has 0 atom stereocenters. The Morgan fingerprint density at radius 3 is 2.55 bits per heavy atom. The SMILES string of the molecule is O=C(NO)c1[c-]c(-c2ccc(C3=CC=C(NCCO)CC3)cc2)nc2ccncc12.[Sm]. The fourth-order valence-electron chi connectivity index (χ4n) is 3.47. The van der Waals surface area contributed by atoms with Crippen molar-refractivity contribution in [3.05, 3.63) is 77.8 Å². The molecule has 0 bridgehead atoms. The minimum atomic E-state index is -0.655. The second-order valence-electron chi connectivity index (χ2n) is 6.91. The Kier molecular flexibility index (Phi) is 8.24. The van der Waals surface area contributed by atoms with Crippen LogP contribution in [0.2, 0.25) is 0 Å². The molecule has 1 amide bonds. The van der Waals surface area contributed by atoms with Gasteiger partial charge in [0.25, 0.3) is 0 Å². The number of nitrogens with one attached hydrogen (secondary N) is 2. The second-order valence-corrected chi connectivity index (χ2v) is 6.91. The number of rotatable bonds is 6. The van der Waals surface area contributed by atoms with Gasteiger partial charge in [-0.25, -0.2) is 0 Å². The number of hydrogen-bond acceptors (Lipinski definition) is 6. The van der Waals surface area contributed by atoms with Crippen LogP contribution in [0.4, 0.5) is 0 Å². The molecule has 0 unspecified atom stereocenters. The summed E-state index contributed by atoms with van der Waals surface area (Å²) in [6.45, 7) is 0.679. The molecule has 2 heterocycles. The van der Waals surface area contributed by atoms with Gasteiger partial charge in [0.05, 0.1) is 6.61 Å². The number of hydroxylamine groups is 1. The molecule has 31 heavy (non-hydrogen) atoms. The topological polar surface area (TPSA) is 107 Å². The number of aliphatic hydroxyl groups is 1. The second kappa shape index (κ2) is 10.9. The normalized spacial score (nSPS) is 13.1. The molecule has 0 aliphatic heterocycles. The van der Waals surface area contributed by atoms with E-state index < -0.39 is 5.91 Å². The van der Waals surface area contributed by atoms with Crippen molar-refractivity contribution >= 4 is 22.4 Å². The summed E-state index contributed by atoms with van der Waals surface area (Å²) in [6, 6.07) is 12.7. The number of hydrogen-bond donors (Lipinski definition) is 4. The van der Waals surface area contributed by atoms with E-state index in [-0.39, 0.29) is 52.6 Å². The van der Waals surface area contributed by atoms with Crippen LogP contribution in [-0.4, -0.2) is 39.3 Å². The molecule has 1 aliphatic carbocycles. The molecule has 0 radical (unpaired) electrons. The van der Waals surface area contributed by atoms with Gasteiger partial charge in [0.2, 0.25) is 0 Å². The van der Waals surface area contributed by atoms with E-state index in [0.29, 0.717) is 23.1 Å². The van der Waals surface area contributed by atoms with Crippen molar-refractivity contribution < 1.29 is 55.5 Å². The fraction of sp³-hybridized carbons (Fsp3) is 0.174. The largest absolute Gasteiger partial charge is 0.395 e. The van der Waals surface area contributed by atoms with E-state index in [0.717, 1.165) is 29.7 Å². The van der Waals surface area contributed by atoms with Crippen molar-refractivity contribution in [2.24, 2.45) is 0 Å². The van der Waals surface area contributed by atoms with E-state index in [1.165, 1.54) is 11.8 Å². The molecule has 8 heteroatoms. The number of aromatic nitrogens is 2. The van der Waals surface area contributed by atoms with E-state index in [9.17, 15) is 4.79 Å². The molecule has 1 aliphatic rings. The number of nitrogens with zero attached hydrogens (tertiary/aromatic N) is 2. The molecule has 2 aromatic heterocycles. The number of aliphatic hydroxyl groups excluding tert-OH is 1. The summed E-state index contributed by atoms with van der Waals surface area (Å²) in [5.74, 6) is -0.655. The summed E-state index contributed by atoms with van der Waals surface area (Å²) < 4.78 is 0. The zero-order chi connectivity index (χ0) is 20.9. The number of benzene rings is 1. The van der Waals surface area contributed by atoms with Gasteiger partial charge in [-0.3, -0.25) is 20.7 Å². The van der Waals surface area contributed by atoms with Gasteiger partial charge in [0.1, 0.15) is 0 Å². The van der Waals surface area contributed by atoms with Crippen LogP contribution in [0.15, 0.2) is 60.6 Å². The summed E-state index contributed by atoms with van der Waals surface area (Å²) in [5.41, 5.74) is 7.28. The average Bonchev–Trinajstić information content (AvgIpc) is 2.82. The van der Waals surface area contributed by atoms with Gasteiger partial charge in [-0.05, 0) is 48.0 Å². The van der Waals surface area contributed by atoms with Crippen molar-refractivity contribution in [1.29, 1.82) is 0 Å². The predicted octanol–water partition coefficient (Wildman–Crippen LogP) is 2.86. The van der Waals surface area contributed by atoms with Crippen molar-refractivity contribution in [2.45, 2.75) is 12.8 Å². The van der Waals surface area contributed by atoms with E-state index in [2.05, 4.69) is 33.5 Å². The van der Waals surface area contributed by atoms with Gasteiger partial charge in [-0.1, -0.05) is 46.9 Å². The summed E-state index contributed by atoms with van der Waals surface area (Å²) in [4.78, 5) is 20.7. The molecule has 4 rings (SSSR count). The Morgan fingerprint density at radius 2 is 1.87 bits per heavy atom. The maximum atomic E-state index is 12.1. The van der Waals surface area contributed by atoms with E-state index in [4.69, 9.17) is 10.3 Å². The fourth-order valence-corrected chi connectivity index (χ4v) is 3.47. The van der Waals surface area contributed by atoms with Crippen molar-refractivity contribution in [1.82, 2.24) is 20.8 Å². The van der Waals surface area contributed by atoms with Crippen LogP contribution in [0.25, 0.3) is 27.7 Å². The van der Waals surface area contributed by atoms with Crippen LogP contribution < -0.4 is 10.8 Å². The molecule has 0 saturated carbocycles. The van der Waals surface area contributed by atoms with Crippen LogP contribution in [0.5, 0.6) is 0 Å². The molecular formula is C23H21N4O3Sm-. The van der Waals surface area contributed by atoms with Gasteiger partial charge in [-0.15, -0.1) is 6.07 Å². The van der Waals surface area contributed by atoms with Gasteiger partial charge < -0.3 is 15.2 Å². The maximum absolute atomic E-state index is 12.1. The minimum Gasteiger partial charge on any atom is -0.395 e. The van der Waals surface area contributed by atoms with E-state index >= 15 is 0 Å². The Labute approximate surface area is 212 Å². The number of allylic oxidation sites excluding steroid dienone is 4. The first kappa shape index (κ1) is 23.5. The van der Waals surface area contributed by atoms with Crippen LogP contribution >= 0.6 is 0 Å². The molecule has 0 saturated heterocycles. The van der Waals surface area contributed by atoms with Crippen molar-refractivity contribution in [3.8, 4) is 11.3 Å². The van der Waals surface area contributed by atoms with Crippen LogP contribution in [0.1, 0.15) is 28.8 Å². The number of pyridine rings is 2. The standard InChI is InChI=1S/C23H21N4O3.Sm/c28-12-11-25-18-7-5-16(6-8-18)15-1-3-17(4-2-15)22-13-19(23(29)27-30)20-14-24-10-9-21(20)26-22;/h1-5,7,9-10,14,25,28,30H,6,8,11-12H2,(H,27,29);/q-1;. The van der Waals surface area contributed by atoms with Gasteiger partial charge in [0.15, 0.2) is 5.91 Å². The number of carbonyl (C=O) groups is 1. The molecule has 4 N–H and O–H groups in total. The zero-order valence-electron chi connectivity index (χ0n) is 16.6. The first-order valence-electron chi connectivity index (χ1n) is 9.66. The van der Waals surface area contributed by atoms with Crippen molar-refractivity contribution in [2.75, 3.05) is 13.2 Å². The van der Waals surface area contributed by atoms with Crippen LogP contribution in [0.3, 0.4) is 0 Å². The first-order chi connectivity index (χ1) is 14.7. The Morgan fingerprint density at radius 1 is 1.10 bits per heavy atom. The Balaban J connectivity index is 0.00000272. The average molecular weight is 552 g/mol. The van der Waals surface area contributed by atoms with Crippen molar-refractivity contribution in [3.63, 3.8) is 0 Å². The molecule has 1 aromatic carbocycles. The predicted molar refractivity (Wildman–Crippen MR) is 113 cm³/mol. The van der Waals surface area contributed by atoms with E-state index in [1.54, 1.807) is 17.7 Å². The van der Waals surface area contributed by atoms with E-state index in [1.807, 2.05) is 24.3 Å². The van der Waals surface area contributed by atoms with Crippen LogP contribution in [0, 0.1) is 46.5 Å². The Hall–Kier alpha value is -2.21. The van der Waals surface area contributed by atoms with Gasteiger partial charge in [0, 0.05) is 64.3 Å². The molecule has 7 nitrogen and oxygen atoms in total. The number of fused-ring (bicyclic) bond motifs is 1. The maximum Gasteiger partial charge on any atom is 0.189 e. The first-order valence-corrected chi connectivity index (χ1v) is 9.66. The summed E-state index contributed by atoms with van der Waals surface area (Å²) in [7, 11) is 0. The minimum absolute atomic E-state index is 0. The molecule has 3 aromatic rings. The third-order valence-corrected chi connectivity index (χ3v) is 5.01. The summed E-state index contributed by atoms with van der Waals surface area (Å²) >= 11 is 0.